The van der Waals surface area contributed by atoms with Gasteiger partial charge in [0, 0.05) is 18.5 Å². The Labute approximate surface area is 146 Å². The van der Waals surface area contributed by atoms with Crippen LogP contribution in [0.2, 0.25) is 0 Å². The third-order valence-electron chi connectivity index (χ3n) is 3.52. The molecule has 0 aliphatic heterocycles. The Kier molecular flexibility index (Phi) is 6.28. The van der Waals surface area contributed by atoms with Gasteiger partial charge in [-0.25, -0.2) is 5.43 Å². The van der Waals surface area contributed by atoms with Crippen molar-refractivity contribution in [2.24, 2.45) is 5.10 Å². The second-order valence-corrected chi connectivity index (χ2v) is 5.75. The SMILES string of the molecule is Cc1ccc(C)c(NC(=O)CCC(=O)NN=Cc2cccc(O)c2)c1. The lowest BCUT2D eigenvalue weighted by molar-refractivity contribution is -0.124. The van der Waals surface area contributed by atoms with Crippen molar-refractivity contribution >= 4 is 23.7 Å². The van der Waals surface area contributed by atoms with Crippen molar-refractivity contribution in [3.05, 3.63) is 59.2 Å². The number of amides is 2. The molecule has 0 heterocycles. The predicted molar refractivity (Wildman–Crippen MR) is 97.6 cm³/mol. The molecular formula is C19H21N3O3. The molecule has 0 atom stereocenters. The molecule has 2 amide bonds. The number of carbonyl (C=O) groups excluding carboxylic acids is 2. The summed E-state index contributed by atoms with van der Waals surface area (Å²) >= 11 is 0. The van der Waals surface area contributed by atoms with Crippen molar-refractivity contribution in [2.45, 2.75) is 26.7 Å². The van der Waals surface area contributed by atoms with Crippen LogP contribution in [0.5, 0.6) is 5.75 Å². The molecule has 6 nitrogen and oxygen atoms in total. The maximum atomic E-state index is 12.0. The molecular weight excluding hydrogens is 318 g/mol. The molecule has 0 bridgehead atoms. The highest BCUT2D eigenvalue weighted by molar-refractivity contribution is 5.94. The summed E-state index contributed by atoms with van der Waals surface area (Å²) in [7, 11) is 0. The van der Waals surface area contributed by atoms with E-state index in [-0.39, 0.29) is 30.4 Å². The summed E-state index contributed by atoms with van der Waals surface area (Å²) in [6.07, 6.45) is 1.53. The second kappa shape index (κ2) is 8.63. The molecule has 0 radical (unpaired) electrons. The zero-order chi connectivity index (χ0) is 18.2. The number of aromatic hydroxyl groups is 1. The number of carbonyl (C=O) groups is 2. The van der Waals surface area contributed by atoms with Crippen LogP contribution in [-0.2, 0) is 9.59 Å². The topological polar surface area (TPSA) is 90.8 Å². The molecule has 6 heteroatoms. The minimum absolute atomic E-state index is 0.0358. The first-order valence-corrected chi connectivity index (χ1v) is 7.92. The van der Waals surface area contributed by atoms with Crippen molar-refractivity contribution in [1.82, 2.24) is 5.43 Å². The summed E-state index contributed by atoms with van der Waals surface area (Å²) in [5.74, 6) is -0.452. The number of hydrazone groups is 1. The fourth-order valence-electron chi connectivity index (χ4n) is 2.15. The summed E-state index contributed by atoms with van der Waals surface area (Å²) in [6, 6.07) is 12.3. The van der Waals surface area contributed by atoms with Gasteiger partial charge >= 0.3 is 0 Å². The fourth-order valence-corrected chi connectivity index (χ4v) is 2.15. The lowest BCUT2D eigenvalue weighted by Crippen LogP contribution is -2.20. The van der Waals surface area contributed by atoms with Gasteiger partial charge in [0.25, 0.3) is 0 Å². The lowest BCUT2D eigenvalue weighted by atomic mass is 10.1. The molecule has 130 valence electrons. The van der Waals surface area contributed by atoms with Crippen LogP contribution in [0.4, 0.5) is 5.69 Å². The number of benzene rings is 2. The van der Waals surface area contributed by atoms with E-state index >= 15 is 0 Å². The Bertz CT molecular complexity index is 800. The average Bonchev–Trinajstić information content (AvgIpc) is 2.56. The van der Waals surface area contributed by atoms with Crippen molar-refractivity contribution in [3.8, 4) is 5.75 Å². The maximum Gasteiger partial charge on any atom is 0.240 e. The van der Waals surface area contributed by atoms with Gasteiger partial charge in [-0.2, -0.15) is 5.10 Å². The van der Waals surface area contributed by atoms with Crippen LogP contribution in [0.15, 0.2) is 47.6 Å². The van der Waals surface area contributed by atoms with Gasteiger partial charge in [0.15, 0.2) is 0 Å². The summed E-state index contributed by atoms with van der Waals surface area (Å²) in [6.45, 7) is 3.87. The normalized spacial score (nSPS) is 10.6. The molecule has 0 aliphatic carbocycles. The number of phenolic OH excluding ortho intramolecular Hbond substituents is 1. The minimum atomic E-state index is -0.354. The molecule has 3 N–H and O–H groups in total. The highest BCUT2D eigenvalue weighted by Gasteiger charge is 2.08. The van der Waals surface area contributed by atoms with Crippen LogP contribution in [-0.4, -0.2) is 23.1 Å². The highest BCUT2D eigenvalue weighted by atomic mass is 16.3. The van der Waals surface area contributed by atoms with Gasteiger partial charge in [0.05, 0.1) is 6.21 Å². The smallest absolute Gasteiger partial charge is 0.240 e. The van der Waals surface area contributed by atoms with Crippen LogP contribution in [0.1, 0.15) is 29.5 Å². The van der Waals surface area contributed by atoms with E-state index in [2.05, 4.69) is 15.8 Å². The third kappa shape index (κ3) is 6.10. The van der Waals surface area contributed by atoms with Crippen molar-refractivity contribution < 1.29 is 14.7 Å². The van der Waals surface area contributed by atoms with E-state index in [1.54, 1.807) is 18.2 Å². The summed E-state index contributed by atoms with van der Waals surface area (Å²) in [5, 5.41) is 15.9. The lowest BCUT2D eigenvalue weighted by Gasteiger charge is -2.09. The zero-order valence-corrected chi connectivity index (χ0v) is 14.2. The van der Waals surface area contributed by atoms with Gasteiger partial charge in [-0.15, -0.1) is 0 Å². The first-order chi connectivity index (χ1) is 11.9. The van der Waals surface area contributed by atoms with Gasteiger partial charge < -0.3 is 10.4 Å². The van der Waals surface area contributed by atoms with Crippen molar-refractivity contribution in [3.63, 3.8) is 0 Å². The molecule has 0 saturated carbocycles. The molecule has 0 saturated heterocycles. The maximum absolute atomic E-state index is 12.0. The Morgan fingerprint density at radius 2 is 1.84 bits per heavy atom. The summed E-state index contributed by atoms with van der Waals surface area (Å²) in [4.78, 5) is 23.7. The molecule has 2 rings (SSSR count). The van der Waals surface area contributed by atoms with Gasteiger partial charge in [-0.3, -0.25) is 9.59 Å². The molecule has 0 aliphatic rings. The number of anilines is 1. The minimum Gasteiger partial charge on any atom is -0.508 e. The molecule has 0 fully saturated rings. The van der Waals surface area contributed by atoms with Crippen LogP contribution < -0.4 is 10.7 Å². The molecule has 2 aromatic rings. The first kappa shape index (κ1) is 18.2. The number of hydrogen-bond acceptors (Lipinski definition) is 4. The first-order valence-electron chi connectivity index (χ1n) is 7.92. The Morgan fingerprint density at radius 1 is 1.08 bits per heavy atom. The van der Waals surface area contributed by atoms with E-state index in [1.807, 2.05) is 32.0 Å². The van der Waals surface area contributed by atoms with Crippen LogP contribution in [0.3, 0.4) is 0 Å². The van der Waals surface area contributed by atoms with Gasteiger partial charge in [-0.05, 0) is 48.7 Å². The number of hydrogen-bond donors (Lipinski definition) is 3. The van der Waals surface area contributed by atoms with E-state index < -0.39 is 0 Å². The van der Waals surface area contributed by atoms with E-state index in [0.717, 1.165) is 16.8 Å². The second-order valence-electron chi connectivity index (χ2n) is 5.75. The van der Waals surface area contributed by atoms with Crippen molar-refractivity contribution in [1.29, 1.82) is 0 Å². The number of nitrogens with zero attached hydrogens (tertiary/aromatic N) is 1. The standard InChI is InChI=1S/C19H21N3O3/c1-13-6-7-14(2)17(10-13)21-18(24)8-9-19(25)22-20-12-15-4-3-5-16(23)11-15/h3-7,10-12,23H,8-9H2,1-2H3,(H,21,24)(H,22,25). The molecule has 0 unspecified atom stereocenters. The Hall–Kier alpha value is -3.15. The van der Waals surface area contributed by atoms with Gasteiger partial charge in [0.1, 0.15) is 5.75 Å². The predicted octanol–water partition coefficient (Wildman–Crippen LogP) is 2.88. The molecule has 0 aromatic heterocycles. The van der Waals surface area contributed by atoms with Crippen LogP contribution >= 0.6 is 0 Å². The fraction of sp³-hybridized carbons (Fsp3) is 0.211. The monoisotopic (exact) mass is 339 g/mol. The quantitative estimate of drug-likeness (QED) is 0.558. The number of rotatable bonds is 6. The highest BCUT2D eigenvalue weighted by Crippen LogP contribution is 2.16. The van der Waals surface area contributed by atoms with E-state index in [4.69, 9.17) is 0 Å². The molecule has 2 aromatic carbocycles. The number of phenols is 1. The largest absolute Gasteiger partial charge is 0.508 e. The zero-order valence-electron chi connectivity index (χ0n) is 14.2. The van der Waals surface area contributed by atoms with Crippen molar-refractivity contribution in [2.75, 3.05) is 5.32 Å². The van der Waals surface area contributed by atoms with Crippen LogP contribution in [0.25, 0.3) is 0 Å². The van der Waals surface area contributed by atoms with E-state index in [1.165, 1.54) is 12.3 Å². The summed E-state index contributed by atoms with van der Waals surface area (Å²) < 4.78 is 0. The average molecular weight is 339 g/mol. The van der Waals surface area contributed by atoms with Crippen LogP contribution in [0, 0.1) is 13.8 Å². The molecule has 0 spiro atoms. The Morgan fingerprint density at radius 3 is 2.60 bits per heavy atom. The van der Waals surface area contributed by atoms with Gasteiger partial charge in [0.2, 0.25) is 11.8 Å². The Balaban J connectivity index is 1.77. The number of aryl methyl sites for hydroxylation is 2. The third-order valence-corrected chi connectivity index (χ3v) is 3.52. The number of nitrogens with one attached hydrogen (secondary N) is 2. The summed E-state index contributed by atoms with van der Waals surface area (Å²) in [5.41, 5.74) is 5.80. The molecule has 25 heavy (non-hydrogen) atoms. The van der Waals surface area contributed by atoms with E-state index in [9.17, 15) is 14.7 Å². The van der Waals surface area contributed by atoms with Gasteiger partial charge in [-0.1, -0.05) is 24.3 Å². The van der Waals surface area contributed by atoms with E-state index in [0.29, 0.717) is 5.56 Å².